The summed E-state index contributed by atoms with van der Waals surface area (Å²) < 4.78 is 38.2. The first-order chi connectivity index (χ1) is 8.79. The van der Waals surface area contributed by atoms with E-state index < -0.39 is 17.6 Å². The lowest BCUT2D eigenvalue weighted by atomic mass is 10.1. The van der Waals surface area contributed by atoms with Gasteiger partial charge in [0, 0.05) is 24.5 Å². The summed E-state index contributed by atoms with van der Waals surface area (Å²) in [5.41, 5.74) is 9.78. The number of nitrogens with two attached hydrogens (primary N) is 2. The number of amides is 1. The topological polar surface area (TPSA) is 72.4 Å². The number of hydrogen-bond donors (Lipinski definition) is 2. The van der Waals surface area contributed by atoms with Crippen LogP contribution in [0.2, 0.25) is 0 Å². The molecule has 1 amide bonds. The van der Waals surface area contributed by atoms with Crippen molar-refractivity contribution in [2.75, 3.05) is 23.7 Å². The SMILES string of the molecule is NC(=O)C1CCN(c2ccc(N)c(C(F)(F)F)c2)C1. The molecule has 4 nitrogen and oxygen atoms in total. The summed E-state index contributed by atoms with van der Waals surface area (Å²) in [4.78, 5) is 12.8. The Labute approximate surface area is 108 Å². The lowest BCUT2D eigenvalue weighted by molar-refractivity contribution is -0.136. The molecule has 104 valence electrons. The zero-order valence-corrected chi connectivity index (χ0v) is 10.1. The number of nitrogens with zero attached hydrogens (tertiary/aromatic N) is 1. The number of rotatable bonds is 2. The van der Waals surface area contributed by atoms with E-state index >= 15 is 0 Å². The van der Waals surface area contributed by atoms with Crippen molar-refractivity contribution >= 4 is 17.3 Å². The van der Waals surface area contributed by atoms with Crippen LogP contribution in [0.3, 0.4) is 0 Å². The van der Waals surface area contributed by atoms with Gasteiger partial charge < -0.3 is 16.4 Å². The molecule has 1 atom stereocenters. The number of carbonyl (C=O) groups is 1. The molecular weight excluding hydrogens is 259 g/mol. The summed E-state index contributed by atoms with van der Waals surface area (Å²) in [6.07, 6.45) is -3.93. The lowest BCUT2D eigenvalue weighted by Gasteiger charge is -2.20. The van der Waals surface area contributed by atoms with Gasteiger partial charge in [0.15, 0.2) is 0 Å². The second-order valence-corrected chi connectivity index (χ2v) is 4.60. The summed E-state index contributed by atoms with van der Waals surface area (Å²) >= 11 is 0. The van der Waals surface area contributed by atoms with E-state index in [-0.39, 0.29) is 11.6 Å². The Balaban J connectivity index is 2.25. The molecule has 0 bridgehead atoms. The average molecular weight is 273 g/mol. The van der Waals surface area contributed by atoms with Gasteiger partial charge in [0.1, 0.15) is 0 Å². The van der Waals surface area contributed by atoms with E-state index in [9.17, 15) is 18.0 Å². The molecule has 1 saturated heterocycles. The third-order valence-corrected chi connectivity index (χ3v) is 3.30. The molecule has 19 heavy (non-hydrogen) atoms. The molecule has 1 fully saturated rings. The quantitative estimate of drug-likeness (QED) is 0.804. The number of carbonyl (C=O) groups excluding carboxylic acids is 1. The second-order valence-electron chi connectivity index (χ2n) is 4.60. The van der Waals surface area contributed by atoms with Crippen molar-refractivity contribution in [1.29, 1.82) is 0 Å². The van der Waals surface area contributed by atoms with Gasteiger partial charge >= 0.3 is 6.18 Å². The van der Waals surface area contributed by atoms with Crippen LogP contribution >= 0.6 is 0 Å². The molecular formula is C12H14F3N3O. The average Bonchev–Trinajstić information content (AvgIpc) is 2.77. The van der Waals surface area contributed by atoms with Crippen LogP contribution in [-0.4, -0.2) is 19.0 Å². The molecule has 1 aromatic rings. The van der Waals surface area contributed by atoms with Gasteiger partial charge in [-0.25, -0.2) is 0 Å². The van der Waals surface area contributed by atoms with Gasteiger partial charge in [-0.2, -0.15) is 13.2 Å². The van der Waals surface area contributed by atoms with Gasteiger partial charge in [-0.3, -0.25) is 4.79 Å². The number of nitrogen functional groups attached to an aromatic ring is 1. The van der Waals surface area contributed by atoms with E-state index in [0.717, 1.165) is 6.07 Å². The van der Waals surface area contributed by atoms with Gasteiger partial charge in [-0.15, -0.1) is 0 Å². The monoisotopic (exact) mass is 273 g/mol. The molecule has 7 heteroatoms. The zero-order valence-electron chi connectivity index (χ0n) is 10.1. The van der Waals surface area contributed by atoms with Gasteiger partial charge in [0.25, 0.3) is 0 Å². The van der Waals surface area contributed by atoms with Crippen molar-refractivity contribution in [2.24, 2.45) is 11.7 Å². The van der Waals surface area contributed by atoms with Crippen molar-refractivity contribution in [3.8, 4) is 0 Å². The van der Waals surface area contributed by atoms with Crippen LogP contribution in [0.4, 0.5) is 24.5 Å². The molecule has 4 N–H and O–H groups in total. The first-order valence-electron chi connectivity index (χ1n) is 5.80. The molecule has 2 rings (SSSR count). The fraction of sp³-hybridized carbons (Fsp3) is 0.417. The predicted molar refractivity (Wildman–Crippen MR) is 65.4 cm³/mol. The highest BCUT2D eigenvalue weighted by Gasteiger charge is 2.34. The van der Waals surface area contributed by atoms with Crippen LogP contribution in [0.5, 0.6) is 0 Å². The maximum absolute atomic E-state index is 12.7. The third kappa shape index (κ3) is 2.74. The minimum absolute atomic E-state index is 0.304. The summed E-state index contributed by atoms with van der Waals surface area (Å²) in [5.74, 6) is -0.735. The van der Waals surface area contributed by atoms with Crippen molar-refractivity contribution in [2.45, 2.75) is 12.6 Å². The minimum atomic E-state index is -4.48. The Bertz CT molecular complexity index is 501. The number of hydrogen-bond acceptors (Lipinski definition) is 3. The summed E-state index contributed by atoms with van der Waals surface area (Å²) in [6, 6.07) is 3.77. The fourth-order valence-electron chi connectivity index (χ4n) is 2.21. The molecule has 0 spiro atoms. The van der Waals surface area contributed by atoms with Crippen molar-refractivity contribution in [3.05, 3.63) is 23.8 Å². The number of primary amides is 1. The van der Waals surface area contributed by atoms with Gasteiger partial charge in [0.05, 0.1) is 11.5 Å². The molecule has 1 aromatic carbocycles. The van der Waals surface area contributed by atoms with Gasteiger partial charge in [-0.05, 0) is 24.6 Å². The molecule has 0 saturated carbocycles. The summed E-state index contributed by atoms with van der Waals surface area (Å²) in [5, 5.41) is 0. The summed E-state index contributed by atoms with van der Waals surface area (Å²) in [7, 11) is 0. The standard InChI is InChI=1S/C12H14F3N3O/c13-12(14,15)9-5-8(1-2-10(9)16)18-4-3-7(6-18)11(17)19/h1-2,5,7H,3-4,6,16H2,(H2,17,19). The van der Waals surface area contributed by atoms with Crippen LogP contribution in [0.25, 0.3) is 0 Å². The van der Waals surface area contributed by atoms with E-state index in [1.165, 1.54) is 12.1 Å². The van der Waals surface area contributed by atoms with Crippen LogP contribution < -0.4 is 16.4 Å². The molecule has 1 aliphatic rings. The predicted octanol–water partition coefficient (Wildman–Crippen LogP) is 1.60. The first-order valence-corrected chi connectivity index (χ1v) is 5.80. The molecule has 0 aromatic heterocycles. The molecule has 0 aliphatic carbocycles. The number of anilines is 2. The highest BCUT2D eigenvalue weighted by molar-refractivity contribution is 5.78. The van der Waals surface area contributed by atoms with E-state index in [1.54, 1.807) is 4.90 Å². The van der Waals surface area contributed by atoms with E-state index in [1.807, 2.05) is 0 Å². The van der Waals surface area contributed by atoms with Crippen LogP contribution in [0, 0.1) is 5.92 Å². The maximum Gasteiger partial charge on any atom is 0.418 e. The Morgan fingerprint density at radius 2 is 2.05 bits per heavy atom. The van der Waals surface area contributed by atoms with Gasteiger partial charge in [0.2, 0.25) is 5.91 Å². The molecule has 1 unspecified atom stereocenters. The lowest BCUT2D eigenvalue weighted by Crippen LogP contribution is -2.27. The Kier molecular flexibility index (Phi) is 3.30. The van der Waals surface area contributed by atoms with Gasteiger partial charge in [-0.1, -0.05) is 0 Å². The molecule has 1 aliphatic heterocycles. The normalized spacial score (nSPS) is 19.7. The van der Waals surface area contributed by atoms with Crippen LogP contribution in [-0.2, 0) is 11.0 Å². The highest BCUT2D eigenvalue weighted by Crippen LogP contribution is 2.36. The molecule has 1 heterocycles. The summed E-state index contributed by atoms with van der Waals surface area (Å²) in [6.45, 7) is 0.853. The largest absolute Gasteiger partial charge is 0.418 e. The maximum atomic E-state index is 12.7. The Hall–Kier alpha value is -1.92. The number of benzene rings is 1. The zero-order chi connectivity index (χ0) is 14.2. The Morgan fingerprint density at radius 1 is 1.37 bits per heavy atom. The first kappa shape index (κ1) is 13.5. The van der Waals surface area contributed by atoms with Crippen molar-refractivity contribution < 1.29 is 18.0 Å². The van der Waals surface area contributed by atoms with Crippen LogP contribution in [0.1, 0.15) is 12.0 Å². The van der Waals surface area contributed by atoms with Crippen molar-refractivity contribution in [1.82, 2.24) is 0 Å². The Morgan fingerprint density at radius 3 is 2.58 bits per heavy atom. The second kappa shape index (κ2) is 4.64. The minimum Gasteiger partial charge on any atom is -0.398 e. The number of alkyl halides is 3. The van der Waals surface area contributed by atoms with E-state index in [2.05, 4.69) is 0 Å². The number of halogens is 3. The molecule has 0 radical (unpaired) electrons. The van der Waals surface area contributed by atoms with Crippen LogP contribution in [0.15, 0.2) is 18.2 Å². The smallest absolute Gasteiger partial charge is 0.398 e. The van der Waals surface area contributed by atoms with E-state index in [4.69, 9.17) is 11.5 Å². The fourth-order valence-corrected chi connectivity index (χ4v) is 2.21. The highest BCUT2D eigenvalue weighted by atomic mass is 19.4. The van der Waals surface area contributed by atoms with E-state index in [0.29, 0.717) is 25.2 Å². The third-order valence-electron chi connectivity index (χ3n) is 3.30. The van der Waals surface area contributed by atoms with Crippen molar-refractivity contribution in [3.63, 3.8) is 0 Å².